The van der Waals surface area contributed by atoms with Crippen molar-refractivity contribution in [2.24, 2.45) is 0 Å². The molecule has 0 atom stereocenters. The van der Waals surface area contributed by atoms with E-state index in [0.717, 1.165) is 25.8 Å². The lowest BCUT2D eigenvalue weighted by atomic mass is 10.2. The highest BCUT2D eigenvalue weighted by atomic mass is 35.5. The molecule has 3 nitrogen and oxygen atoms in total. The first-order valence-electron chi connectivity index (χ1n) is 4.98. The number of rotatable bonds is 6. The first-order chi connectivity index (χ1) is 7.24. The van der Waals surface area contributed by atoms with Gasteiger partial charge in [-0.2, -0.15) is 0 Å². The van der Waals surface area contributed by atoms with Gasteiger partial charge in [-0.3, -0.25) is 0 Å². The Morgan fingerprint density at radius 1 is 1.27 bits per heavy atom. The summed E-state index contributed by atoms with van der Waals surface area (Å²) < 4.78 is 12.5. The molecule has 1 heterocycles. The van der Waals surface area contributed by atoms with E-state index in [1.807, 2.05) is 11.9 Å². The standard InChI is InChI=1S/C10H15ClFN3/c1-15(6-4-2-3-5-11)10-13-7-9(12)8-14-10/h7-8H,2-6H2,1H3. The Morgan fingerprint density at radius 3 is 2.53 bits per heavy atom. The predicted octanol–water partition coefficient (Wildman–Crippen LogP) is 2.46. The molecule has 0 radical (unpaired) electrons. The van der Waals surface area contributed by atoms with Crippen molar-refractivity contribution in [3.63, 3.8) is 0 Å². The largest absolute Gasteiger partial charge is 0.344 e. The minimum absolute atomic E-state index is 0.408. The average molecular weight is 232 g/mol. The van der Waals surface area contributed by atoms with Crippen LogP contribution in [0.3, 0.4) is 0 Å². The van der Waals surface area contributed by atoms with E-state index in [9.17, 15) is 4.39 Å². The number of aromatic nitrogens is 2. The number of halogens is 2. The van der Waals surface area contributed by atoms with Crippen molar-refractivity contribution >= 4 is 17.5 Å². The first-order valence-corrected chi connectivity index (χ1v) is 5.52. The lowest BCUT2D eigenvalue weighted by molar-refractivity contribution is 0.611. The molecule has 0 aliphatic rings. The summed E-state index contributed by atoms with van der Waals surface area (Å²) in [5.74, 6) is 0.855. The molecule has 0 aliphatic carbocycles. The van der Waals surface area contributed by atoms with E-state index >= 15 is 0 Å². The van der Waals surface area contributed by atoms with E-state index in [2.05, 4.69) is 9.97 Å². The molecule has 0 saturated heterocycles. The zero-order valence-corrected chi connectivity index (χ0v) is 9.54. The summed E-state index contributed by atoms with van der Waals surface area (Å²) in [4.78, 5) is 9.69. The van der Waals surface area contributed by atoms with Gasteiger partial charge in [-0.1, -0.05) is 6.42 Å². The summed E-state index contributed by atoms with van der Waals surface area (Å²) in [6, 6.07) is 0. The zero-order chi connectivity index (χ0) is 11.1. The molecule has 1 aromatic rings. The number of alkyl halides is 1. The minimum Gasteiger partial charge on any atom is -0.344 e. The topological polar surface area (TPSA) is 29.0 Å². The molecule has 0 bridgehead atoms. The summed E-state index contributed by atoms with van der Waals surface area (Å²) in [6.07, 6.45) is 5.52. The van der Waals surface area contributed by atoms with Gasteiger partial charge < -0.3 is 4.90 Å². The quantitative estimate of drug-likeness (QED) is 0.556. The molecule has 0 fully saturated rings. The summed E-state index contributed by atoms with van der Waals surface area (Å²) in [5.41, 5.74) is 0. The third kappa shape index (κ3) is 4.42. The highest BCUT2D eigenvalue weighted by molar-refractivity contribution is 6.17. The number of hydrogen-bond acceptors (Lipinski definition) is 3. The smallest absolute Gasteiger partial charge is 0.225 e. The summed E-state index contributed by atoms with van der Waals surface area (Å²) in [5, 5.41) is 0. The van der Waals surface area contributed by atoms with Gasteiger partial charge in [0.2, 0.25) is 5.95 Å². The second-order valence-corrected chi connectivity index (χ2v) is 3.75. The fourth-order valence-electron chi connectivity index (χ4n) is 1.22. The SMILES string of the molecule is CN(CCCCCCl)c1ncc(F)cn1. The van der Waals surface area contributed by atoms with Crippen molar-refractivity contribution in [3.05, 3.63) is 18.2 Å². The molecule has 0 saturated carbocycles. The van der Waals surface area contributed by atoms with E-state index < -0.39 is 5.82 Å². The van der Waals surface area contributed by atoms with Gasteiger partial charge in [-0.15, -0.1) is 11.6 Å². The Hall–Kier alpha value is -0.900. The van der Waals surface area contributed by atoms with Crippen molar-refractivity contribution in [3.8, 4) is 0 Å². The Balaban J connectivity index is 2.33. The van der Waals surface area contributed by atoms with Gasteiger partial charge in [-0.05, 0) is 12.8 Å². The third-order valence-corrected chi connectivity index (χ3v) is 2.34. The molecule has 15 heavy (non-hydrogen) atoms. The highest BCUT2D eigenvalue weighted by Gasteiger charge is 2.03. The third-order valence-electron chi connectivity index (χ3n) is 2.08. The second kappa shape index (κ2) is 6.56. The van der Waals surface area contributed by atoms with E-state index in [1.54, 1.807) is 0 Å². The van der Waals surface area contributed by atoms with Crippen molar-refractivity contribution in [2.75, 3.05) is 24.4 Å². The molecule has 0 N–H and O–H groups in total. The fraction of sp³-hybridized carbons (Fsp3) is 0.600. The second-order valence-electron chi connectivity index (χ2n) is 3.37. The lowest BCUT2D eigenvalue weighted by Gasteiger charge is -2.15. The van der Waals surface area contributed by atoms with Crippen LogP contribution in [0.25, 0.3) is 0 Å². The minimum atomic E-state index is -0.408. The van der Waals surface area contributed by atoms with Gasteiger partial charge >= 0.3 is 0 Å². The van der Waals surface area contributed by atoms with Crippen LogP contribution in [0.5, 0.6) is 0 Å². The van der Waals surface area contributed by atoms with Gasteiger partial charge in [0.25, 0.3) is 0 Å². The molecular formula is C10H15ClFN3. The Bertz CT molecular complexity index is 279. The molecule has 0 aromatic carbocycles. The maximum Gasteiger partial charge on any atom is 0.225 e. The van der Waals surface area contributed by atoms with Crippen LogP contribution in [-0.2, 0) is 0 Å². The normalized spacial score (nSPS) is 10.3. The van der Waals surface area contributed by atoms with Crippen molar-refractivity contribution < 1.29 is 4.39 Å². The van der Waals surface area contributed by atoms with Crippen molar-refractivity contribution in [2.45, 2.75) is 19.3 Å². The summed E-state index contributed by atoms with van der Waals surface area (Å²) in [7, 11) is 1.90. The van der Waals surface area contributed by atoms with Gasteiger partial charge in [0.1, 0.15) is 0 Å². The van der Waals surface area contributed by atoms with Crippen LogP contribution >= 0.6 is 11.6 Å². The van der Waals surface area contributed by atoms with Crippen LogP contribution < -0.4 is 4.90 Å². The van der Waals surface area contributed by atoms with E-state index in [4.69, 9.17) is 11.6 Å². The van der Waals surface area contributed by atoms with Gasteiger partial charge in [-0.25, -0.2) is 14.4 Å². The Kier molecular flexibility index (Phi) is 5.32. The van der Waals surface area contributed by atoms with E-state index in [-0.39, 0.29) is 0 Å². The monoisotopic (exact) mass is 231 g/mol. The van der Waals surface area contributed by atoms with E-state index in [0.29, 0.717) is 11.8 Å². The maximum absolute atomic E-state index is 12.5. The average Bonchev–Trinajstić information content (AvgIpc) is 2.25. The Morgan fingerprint density at radius 2 is 1.93 bits per heavy atom. The number of hydrogen-bond donors (Lipinski definition) is 0. The number of nitrogens with zero attached hydrogens (tertiary/aromatic N) is 3. The molecule has 84 valence electrons. The first kappa shape index (κ1) is 12.2. The van der Waals surface area contributed by atoms with Crippen LogP contribution in [0.4, 0.5) is 10.3 Å². The predicted molar refractivity (Wildman–Crippen MR) is 59.8 cm³/mol. The van der Waals surface area contributed by atoms with Crippen molar-refractivity contribution in [1.29, 1.82) is 0 Å². The molecule has 0 unspecified atom stereocenters. The summed E-state index contributed by atoms with van der Waals surface area (Å²) in [6.45, 7) is 0.864. The van der Waals surface area contributed by atoms with Crippen LogP contribution in [-0.4, -0.2) is 29.4 Å². The van der Waals surface area contributed by atoms with Crippen LogP contribution in [0.15, 0.2) is 12.4 Å². The fourth-order valence-corrected chi connectivity index (χ4v) is 1.41. The zero-order valence-electron chi connectivity index (χ0n) is 8.79. The number of unbranched alkanes of at least 4 members (excludes halogenated alkanes) is 2. The molecular weight excluding hydrogens is 217 g/mol. The van der Waals surface area contributed by atoms with Crippen LogP contribution in [0.1, 0.15) is 19.3 Å². The Labute approximate surface area is 94.3 Å². The highest BCUT2D eigenvalue weighted by Crippen LogP contribution is 2.06. The lowest BCUT2D eigenvalue weighted by Crippen LogP contribution is -2.20. The van der Waals surface area contributed by atoms with Crippen molar-refractivity contribution in [1.82, 2.24) is 9.97 Å². The molecule has 5 heteroatoms. The number of anilines is 1. The molecule has 1 aromatic heterocycles. The van der Waals surface area contributed by atoms with Gasteiger partial charge in [0, 0.05) is 19.5 Å². The van der Waals surface area contributed by atoms with Gasteiger partial charge in [0.05, 0.1) is 12.4 Å². The summed E-state index contributed by atoms with van der Waals surface area (Å²) >= 11 is 5.57. The molecule has 1 rings (SSSR count). The van der Waals surface area contributed by atoms with Crippen LogP contribution in [0, 0.1) is 5.82 Å². The van der Waals surface area contributed by atoms with Crippen LogP contribution in [0.2, 0.25) is 0 Å². The van der Waals surface area contributed by atoms with E-state index in [1.165, 1.54) is 12.4 Å². The molecule has 0 spiro atoms. The molecule has 0 amide bonds. The molecule has 0 aliphatic heterocycles. The van der Waals surface area contributed by atoms with Gasteiger partial charge in [0.15, 0.2) is 5.82 Å². The maximum atomic E-state index is 12.5.